The van der Waals surface area contributed by atoms with E-state index in [1.807, 2.05) is 61.5 Å². The van der Waals surface area contributed by atoms with Crippen molar-refractivity contribution in [3.63, 3.8) is 0 Å². The van der Waals surface area contributed by atoms with E-state index in [1.165, 1.54) is 22.0 Å². The van der Waals surface area contributed by atoms with Crippen LogP contribution in [0.3, 0.4) is 0 Å². The van der Waals surface area contributed by atoms with Crippen molar-refractivity contribution < 1.29 is 14.3 Å². The lowest BCUT2D eigenvalue weighted by Crippen LogP contribution is -2.41. The molecule has 0 bridgehead atoms. The van der Waals surface area contributed by atoms with Crippen LogP contribution in [-0.4, -0.2) is 29.6 Å². The normalized spacial score (nSPS) is 18.0. The number of anilines is 1. The molecule has 0 aliphatic carbocycles. The first kappa shape index (κ1) is 23.7. The highest BCUT2D eigenvalue weighted by molar-refractivity contribution is 7.07. The number of esters is 1. The monoisotopic (exact) mass is 499 g/mol. The van der Waals surface area contributed by atoms with E-state index >= 15 is 0 Å². The minimum absolute atomic E-state index is 0.0459. The number of allylic oxidation sites excluding steroid dienone is 1. The van der Waals surface area contributed by atoms with Crippen LogP contribution in [0.1, 0.15) is 37.4 Å². The topological polar surface area (TPSA) is 81.0 Å². The summed E-state index contributed by atoms with van der Waals surface area (Å²) in [6.07, 6.45) is 2.28. The Morgan fingerprint density at radius 2 is 1.86 bits per heavy atom. The van der Waals surface area contributed by atoms with Crippen LogP contribution in [0.25, 0.3) is 5.57 Å². The van der Waals surface area contributed by atoms with Crippen molar-refractivity contribution >= 4 is 34.5 Å². The first-order chi connectivity index (χ1) is 17.5. The lowest BCUT2D eigenvalue weighted by molar-refractivity contribution is -0.138. The molecule has 1 amide bonds. The van der Waals surface area contributed by atoms with Gasteiger partial charge in [0.2, 0.25) is 0 Å². The fraction of sp³-hybridized carbons (Fsp3) is 0.214. The number of carbonyl (C=O) groups excluding carboxylic acids is 2. The highest BCUT2D eigenvalue weighted by Crippen LogP contribution is 2.35. The SMILES string of the molecule is C=CCOC(=O)C1=C(C)N=c2s/c(=C3/C(=O)N(CCC)c4ccccc43)c(=O)n2C1c1ccccc1. The van der Waals surface area contributed by atoms with Crippen LogP contribution in [0.5, 0.6) is 0 Å². The number of carbonyl (C=O) groups is 2. The van der Waals surface area contributed by atoms with E-state index in [0.29, 0.717) is 27.1 Å². The zero-order valence-electron chi connectivity index (χ0n) is 20.1. The first-order valence-corrected chi connectivity index (χ1v) is 12.6. The predicted octanol–water partition coefficient (Wildman–Crippen LogP) is 3.09. The minimum atomic E-state index is -0.729. The third-order valence-corrected chi connectivity index (χ3v) is 7.32. The van der Waals surface area contributed by atoms with Gasteiger partial charge in [0.1, 0.15) is 11.1 Å². The molecule has 1 aromatic heterocycles. The third-order valence-electron chi connectivity index (χ3n) is 6.26. The van der Waals surface area contributed by atoms with Crippen molar-refractivity contribution in [2.24, 2.45) is 4.99 Å². The second-order valence-corrected chi connectivity index (χ2v) is 9.53. The number of hydrogen-bond acceptors (Lipinski definition) is 6. The molecule has 0 N–H and O–H groups in total. The van der Waals surface area contributed by atoms with E-state index in [9.17, 15) is 14.4 Å². The summed E-state index contributed by atoms with van der Waals surface area (Å²) in [5.41, 5.74) is 3.07. The molecule has 2 aliphatic rings. The molecule has 0 spiro atoms. The zero-order valence-corrected chi connectivity index (χ0v) is 20.9. The fourth-order valence-electron chi connectivity index (χ4n) is 4.74. The molecule has 36 heavy (non-hydrogen) atoms. The highest BCUT2D eigenvalue weighted by Gasteiger charge is 2.37. The van der Waals surface area contributed by atoms with Crippen molar-refractivity contribution in [2.75, 3.05) is 18.1 Å². The molecule has 182 valence electrons. The molecule has 2 aliphatic heterocycles. The van der Waals surface area contributed by atoms with Crippen LogP contribution in [0.2, 0.25) is 0 Å². The summed E-state index contributed by atoms with van der Waals surface area (Å²) in [6, 6.07) is 16.1. The average molecular weight is 500 g/mol. The number of hydrogen-bond donors (Lipinski definition) is 0. The molecule has 2 aromatic carbocycles. The maximum absolute atomic E-state index is 14.0. The summed E-state index contributed by atoms with van der Waals surface area (Å²) < 4.78 is 7.20. The standard InChI is InChI=1S/C28H25N3O4S/c1-4-15-30-20-14-10-9-13-19(20)22(25(30)32)24-26(33)31-23(18-11-7-6-8-12-18)21(27(34)35-16-5-2)17(3)29-28(31)36-24/h5-14,23H,2,4,15-16H2,1,3H3/b24-22+. The molecule has 5 rings (SSSR count). The van der Waals surface area contributed by atoms with Gasteiger partial charge < -0.3 is 9.64 Å². The van der Waals surface area contributed by atoms with Gasteiger partial charge in [-0.15, -0.1) is 0 Å². The number of rotatable bonds is 6. The quantitative estimate of drug-likeness (QED) is 0.386. The van der Waals surface area contributed by atoms with Gasteiger partial charge in [-0.1, -0.05) is 79.4 Å². The Bertz CT molecular complexity index is 1600. The molecule has 1 atom stereocenters. The molecule has 7 nitrogen and oxygen atoms in total. The second kappa shape index (κ2) is 9.54. The zero-order chi connectivity index (χ0) is 25.4. The van der Waals surface area contributed by atoms with Gasteiger partial charge in [0.15, 0.2) is 4.80 Å². The summed E-state index contributed by atoms with van der Waals surface area (Å²) in [7, 11) is 0. The van der Waals surface area contributed by atoms with Gasteiger partial charge in [-0.25, -0.2) is 9.79 Å². The molecular formula is C28H25N3O4S. The van der Waals surface area contributed by atoms with Crippen molar-refractivity contribution in [3.05, 3.63) is 109 Å². The smallest absolute Gasteiger partial charge is 0.338 e. The molecule has 3 aromatic rings. The fourth-order valence-corrected chi connectivity index (χ4v) is 5.88. The van der Waals surface area contributed by atoms with Crippen LogP contribution >= 0.6 is 11.3 Å². The number of aromatic nitrogens is 1. The Hall–Kier alpha value is -4.04. The van der Waals surface area contributed by atoms with Crippen molar-refractivity contribution in [1.29, 1.82) is 0 Å². The molecule has 0 saturated carbocycles. The van der Waals surface area contributed by atoms with Crippen molar-refractivity contribution in [1.82, 2.24) is 4.57 Å². The van der Waals surface area contributed by atoms with Crippen LogP contribution < -0.4 is 19.8 Å². The average Bonchev–Trinajstić information content (AvgIpc) is 3.35. The summed E-state index contributed by atoms with van der Waals surface area (Å²) in [5.74, 6) is -0.750. The summed E-state index contributed by atoms with van der Waals surface area (Å²) in [6.45, 7) is 7.96. The number of amides is 1. The van der Waals surface area contributed by atoms with Gasteiger partial charge in [0, 0.05) is 12.1 Å². The van der Waals surface area contributed by atoms with Gasteiger partial charge in [-0.3, -0.25) is 14.2 Å². The summed E-state index contributed by atoms with van der Waals surface area (Å²) >= 11 is 1.18. The van der Waals surface area contributed by atoms with E-state index in [4.69, 9.17) is 4.74 Å². The van der Waals surface area contributed by atoms with E-state index in [-0.39, 0.29) is 23.6 Å². The van der Waals surface area contributed by atoms with Crippen molar-refractivity contribution in [3.8, 4) is 0 Å². The Balaban J connectivity index is 1.79. The molecule has 0 saturated heterocycles. The number of benzene rings is 2. The highest BCUT2D eigenvalue weighted by atomic mass is 32.1. The molecule has 0 radical (unpaired) electrons. The molecule has 3 heterocycles. The summed E-state index contributed by atoms with van der Waals surface area (Å²) in [5, 5.41) is 0. The Morgan fingerprint density at radius 1 is 1.14 bits per heavy atom. The van der Waals surface area contributed by atoms with E-state index in [1.54, 1.807) is 11.8 Å². The van der Waals surface area contributed by atoms with Crippen LogP contribution in [0.15, 0.2) is 88.3 Å². The predicted molar refractivity (Wildman–Crippen MR) is 139 cm³/mol. The number of thiazole rings is 1. The van der Waals surface area contributed by atoms with E-state index in [2.05, 4.69) is 11.6 Å². The molecule has 1 unspecified atom stereocenters. The Morgan fingerprint density at radius 3 is 2.58 bits per heavy atom. The maximum atomic E-state index is 14.0. The van der Waals surface area contributed by atoms with Gasteiger partial charge in [-0.05, 0) is 25.0 Å². The maximum Gasteiger partial charge on any atom is 0.338 e. The lowest BCUT2D eigenvalue weighted by Gasteiger charge is -2.24. The third kappa shape index (κ3) is 3.74. The van der Waals surface area contributed by atoms with E-state index < -0.39 is 12.0 Å². The van der Waals surface area contributed by atoms with Gasteiger partial charge in [0.25, 0.3) is 11.5 Å². The largest absolute Gasteiger partial charge is 0.458 e. The van der Waals surface area contributed by atoms with Gasteiger partial charge in [-0.2, -0.15) is 0 Å². The number of nitrogens with zero attached hydrogens (tertiary/aromatic N) is 3. The van der Waals surface area contributed by atoms with Crippen LogP contribution in [-0.2, 0) is 14.3 Å². The minimum Gasteiger partial charge on any atom is -0.458 e. The Labute approximate surface area is 212 Å². The van der Waals surface area contributed by atoms with Crippen molar-refractivity contribution in [2.45, 2.75) is 26.3 Å². The molecular weight excluding hydrogens is 474 g/mol. The molecule has 0 fully saturated rings. The van der Waals surface area contributed by atoms with Gasteiger partial charge in [0.05, 0.1) is 28.6 Å². The van der Waals surface area contributed by atoms with E-state index in [0.717, 1.165) is 23.2 Å². The Kier molecular flexibility index (Phi) is 6.28. The first-order valence-electron chi connectivity index (χ1n) is 11.8. The lowest BCUT2D eigenvalue weighted by atomic mass is 9.96. The van der Waals surface area contributed by atoms with Gasteiger partial charge >= 0.3 is 5.97 Å². The van der Waals surface area contributed by atoms with Crippen LogP contribution in [0, 0.1) is 0 Å². The number of para-hydroxylation sites is 1. The summed E-state index contributed by atoms with van der Waals surface area (Å²) in [4.78, 5) is 47.5. The second-order valence-electron chi connectivity index (χ2n) is 8.55. The molecule has 8 heteroatoms. The number of ether oxygens (including phenoxy) is 1. The number of fused-ring (bicyclic) bond motifs is 2. The van der Waals surface area contributed by atoms with Crippen LogP contribution in [0.4, 0.5) is 5.69 Å².